The lowest BCUT2D eigenvalue weighted by atomic mass is 10.1. The summed E-state index contributed by atoms with van der Waals surface area (Å²) in [5, 5.41) is 5.10. The number of nitrogens with one attached hydrogen (secondary N) is 1. The van der Waals surface area contributed by atoms with Crippen LogP contribution in [0.2, 0.25) is 0 Å². The molecule has 102 valence electrons. The van der Waals surface area contributed by atoms with Crippen molar-refractivity contribution in [1.82, 2.24) is 9.62 Å². The molecule has 0 bridgehead atoms. The predicted octanol–water partition coefficient (Wildman–Crippen LogP) is 1.90. The quantitative estimate of drug-likeness (QED) is 0.900. The summed E-state index contributed by atoms with van der Waals surface area (Å²) in [6.45, 7) is 4.46. The topological polar surface area (TPSA) is 49.4 Å². The Kier molecular flexibility index (Phi) is 4.77. The van der Waals surface area contributed by atoms with Crippen molar-refractivity contribution in [2.75, 3.05) is 19.6 Å². The summed E-state index contributed by atoms with van der Waals surface area (Å²) in [5.41, 5.74) is 0. The van der Waals surface area contributed by atoms with Crippen molar-refractivity contribution in [3.63, 3.8) is 0 Å². The van der Waals surface area contributed by atoms with E-state index in [1.165, 1.54) is 11.3 Å². The Bertz CT molecular complexity index is 450. The molecule has 1 aliphatic heterocycles. The summed E-state index contributed by atoms with van der Waals surface area (Å²) in [7, 11) is -3.30. The minimum absolute atomic E-state index is 0.151. The molecule has 1 N–H and O–H groups in total. The Morgan fingerprint density at radius 2 is 2.17 bits per heavy atom. The molecule has 1 fully saturated rings. The molecule has 1 saturated heterocycles. The fourth-order valence-corrected chi connectivity index (χ4v) is 5.24. The number of hydrogen-bond acceptors (Lipinski definition) is 4. The first-order chi connectivity index (χ1) is 8.66. The van der Waals surface area contributed by atoms with E-state index in [0.717, 1.165) is 32.4 Å². The van der Waals surface area contributed by atoms with E-state index in [1.54, 1.807) is 16.4 Å². The van der Waals surface area contributed by atoms with Crippen molar-refractivity contribution in [2.24, 2.45) is 0 Å². The van der Waals surface area contributed by atoms with E-state index in [0.29, 0.717) is 10.8 Å². The smallest absolute Gasteiger partial charge is 0.252 e. The van der Waals surface area contributed by atoms with E-state index in [2.05, 4.69) is 5.32 Å². The number of hydrogen-bond donors (Lipinski definition) is 1. The summed E-state index contributed by atoms with van der Waals surface area (Å²) in [6.07, 6.45) is 2.67. The van der Waals surface area contributed by atoms with E-state index < -0.39 is 10.0 Å². The normalized spacial score (nSPS) is 18.3. The van der Waals surface area contributed by atoms with E-state index in [1.807, 2.05) is 12.3 Å². The maximum absolute atomic E-state index is 12.6. The molecule has 18 heavy (non-hydrogen) atoms. The van der Waals surface area contributed by atoms with Crippen LogP contribution in [-0.4, -0.2) is 38.4 Å². The van der Waals surface area contributed by atoms with Crippen molar-refractivity contribution < 1.29 is 8.42 Å². The van der Waals surface area contributed by atoms with Crippen LogP contribution in [-0.2, 0) is 10.0 Å². The molecule has 1 aliphatic rings. The highest BCUT2D eigenvalue weighted by Gasteiger charge is 2.32. The van der Waals surface area contributed by atoms with Crippen molar-refractivity contribution in [1.29, 1.82) is 0 Å². The molecule has 0 radical (unpaired) electrons. The molecule has 2 heterocycles. The molecule has 0 atom stereocenters. The van der Waals surface area contributed by atoms with Crippen LogP contribution in [0.5, 0.6) is 0 Å². The maximum Gasteiger partial charge on any atom is 0.252 e. The van der Waals surface area contributed by atoms with Crippen LogP contribution in [0.3, 0.4) is 0 Å². The van der Waals surface area contributed by atoms with Gasteiger partial charge in [0.25, 0.3) is 10.0 Å². The average Bonchev–Trinajstić information content (AvgIpc) is 2.91. The fraction of sp³-hybridized carbons (Fsp3) is 0.667. The van der Waals surface area contributed by atoms with E-state index in [9.17, 15) is 8.42 Å². The largest absolute Gasteiger partial charge is 0.317 e. The molecule has 0 saturated carbocycles. The molecule has 1 aromatic rings. The molecule has 0 unspecified atom stereocenters. The van der Waals surface area contributed by atoms with Gasteiger partial charge in [0.2, 0.25) is 0 Å². The van der Waals surface area contributed by atoms with Gasteiger partial charge in [-0.05, 0) is 43.8 Å². The molecule has 0 spiro atoms. The highest BCUT2D eigenvalue weighted by molar-refractivity contribution is 7.91. The molecule has 0 amide bonds. The Morgan fingerprint density at radius 3 is 2.72 bits per heavy atom. The van der Waals surface area contributed by atoms with E-state index >= 15 is 0 Å². The number of thiophene rings is 1. The fourth-order valence-electron chi connectivity index (χ4n) is 2.34. The van der Waals surface area contributed by atoms with Gasteiger partial charge in [-0.1, -0.05) is 13.0 Å². The van der Waals surface area contributed by atoms with Crippen molar-refractivity contribution in [3.8, 4) is 0 Å². The Labute approximate surface area is 113 Å². The van der Waals surface area contributed by atoms with Crippen LogP contribution >= 0.6 is 11.3 Å². The molecule has 0 aliphatic carbocycles. The van der Waals surface area contributed by atoms with Gasteiger partial charge in [-0.3, -0.25) is 0 Å². The second-order valence-electron chi connectivity index (χ2n) is 4.53. The molecule has 4 nitrogen and oxygen atoms in total. The first kappa shape index (κ1) is 14.0. The lowest BCUT2D eigenvalue weighted by molar-refractivity contribution is 0.263. The molecule has 1 aromatic heterocycles. The van der Waals surface area contributed by atoms with Crippen LogP contribution in [0.15, 0.2) is 21.7 Å². The van der Waals surface area contributed by atoms with Crippen LogP contribution in [0.1, 0.15) is 26.2 Å². The minimum atomic E-state index is -3.30. The van der Waals surface area contributed by atoms with E-state index in [-0.39, 0.29) is 6.04 Å². The van der Waals surface area contributed by atoms with Gasteiger partial charge in [0, 0.05) is 12.6 Å². The summed E-state index contributed by atoms with van der Waals surface area (Å²) in [4.78, 5) is 0. The molecular formula is C12H20N2O2S2. The van der Waals surface area contributed by atoms with Gasteiger partial charge in [0.1, 0.15) is 4.21 Å². The molecular weight excluding hydrogens is 268 g/mol. The number of nitrogens with zero attached hydrogens (tertiary/aromatic N) is 1. The Hall–Kier alpha value is -0.430. The Morgan fingerprint density at radius 1 is 1.44 bits per heavy atom. The molecule has 6 heteroatoms. The summed E-state index contributed by atoms with van der Waals surface area (Å²) in [6, 6.07) is 3.65. The highest BCUT2D eigenvalue weighted by atomic mass is 32.2. The molecule has 0 aromatic carbocycles. The Balaban J connectivity index is 2.23. The SMILES string of the molecule is CCCN(C1CCNCC1)S(=O)(=O)c1cccs1. The highest BCUT2D eigenvalue weighted by Crippen LogP contribution is 2.25. The monoisotopic (exact) mass is 288 g/mol. The number of sulfonamides is 1. The summed E-state index contributed by atoms with van der Waals surface area (Å²) < 4.78 is 27.4. The van der Waals surface area contributed by atoms with Crippen LogP contribution in [0.25, 0.3) is 0 Å². The van der Waals surface area contributed by atoms with Crippen LogP contribution in [0, 0.1) is 0 Å². The number of piperidine rings is 1. The van der Waals surface area contributed by atoms with Crippen molar-refractivity contribution in [3.05, 3.63) is 17.5 Å². The summed E-state index contributed by atoms with van der Waals surface area (Å²) in [5.74, 6) is 0. The van der Waals surface area contributed by atoms with Crippen LogP contribution < -0.4 is 5.32 Å². The van der Waals surface area contributed by atoms with Crippen molar-refractivity contribution >= 4 is 21.4 Å². The van der Waals surface area contributed by atoms with Crippen molar-refractivity contribution in [2.45, 2.75) is 36.4 Å². The lowest BCUT2D eigenvalue weighted by Crippen LogP contribution is -2.46. The zero-order chi connectivity index (χ0) is 13.0. The van der Waals surface area contributed by atoms with Gasteiger partial charge >= 0.3 is 0 Å². The van der Waals surface area contributed by atoms with E-state index in [4.69, 9.17) is 0 Å². The zero-order valence-electron chi connectivity index (χ0n) is 10.6. The standard InChI is InChI=1S/C12H20N2O2S2/c1-2-9-14(11-5-7-13-8-6-11)18(15,16)12-4-3-10-17-12/h3-4,10-11,13H,2,5-9H2,1H3. The zero-order valence-corrected chi connectivity index (χ0v) is 12.3. The second kappa shape index (κ2) is 6.14. The van der Waals surface area contributed by atoms with Gasteiger partial charge in [-0.2, -0.15) is 4.31 Å². The number of rotatable bonds is 5. The van der Waals surface area contributed by atoms with Gasteiger partial charge in [0.15, 0.2) is 0 Å². The third-order valence-corrected chi connectivity index (χ3v) is 6.54. The maximum atomic E-state index is 12.6. The van der Waals surface area contributed by atoms with Gasteiger partial charge in [0.05, 0.1) is 0 Å². The first-order valence-corrected chi connectivity index (χ1v) is 8.74. The van der Waals surface area contributed by atoms with Gasteiger partial charge in [-0.25, -0.2) is 8.42 Å². The molecule has 2 rings (SSSR count). The van der Waals surface area contributed by atoms with Crippen LogP contribution in [0.4, 0.5) is 0 Å². The lowest BCUT2D eigenvalue weighted by Gasteiger charge is -2.33. The second-order valence-corrected chi connectivity index (χ2v) is 7.59. The minimum Gasteiger partial charge on any atom is -0.317 e. The average molecular weight is 288 g/mol. The predicted molar refractivity (Wildman–Crippen MR) is 74.4 cm³/mol. The summed E-state index contributed by atoms with van der Waals surface area (Å²) >= 11 is 1.30. The third kappa shape index (κ3) is 2.93. The van der Waals surface area contributed by atoms with Gasteiger partial charge < -0.3 is 5.32 Å². The third-order valence-electron chi connectivity index (χ3n) is 3.22. The van der Waals surface area contributed by atoms with Gasteiger partial charge in [-0.15, -0.1) is 11.3 Å². The first-order valence-electron chi connectivity index (χ1n) is 6.42.